The number of nitriles is 1. The number of carbonyl (C=O) groups is 2. The molecule has 0 saturated heterocycles. The maximum absolute atomic E-state index is 14.4. The van der Waals surface area contributed by atoms with Crippen LogP contribution in [0.5, 0.6) is 0 Å². The second-order valence-electron chi connectivity index (χ2n) is 11.9. The number of aromatic nitrogens is 3. The van der Waals surface area contributed by atoms with Crippen LogP contribution in [0.1, 0.15) is 75.2 Å². The number of halogens is 1. The SMILES string of the molecule is CCNC(=O)C12CCC(Nc3cc(-c4ccc5cc(C#N)cnn45)ncc3C(=O)NC[C@@H](F)C(C)(C)O)(CC1)CC2. The number of aliphatic hydroxyl groups is 1. The number of hydrogen-bond donors (Lipinski definition) is 4. The Morgan fingerprint density at radius 1 is 1.15 bits per heavy atom. The third kappa shape index (κ3) is 5.48. The number of anilines is 1. The van der Waals surface area contributed by atoms with Crippen molar-refractivity contribution in [1.29, 1.82) is 5.26 Å². The summed E-state index contributed by atoms with van der Waals surface area (Å²) >= 11 is 0. The average molecular weight is 562 g/mol. The first kappa shape index (κ1) is 28.5. The van der Waals surface area contributed by atoms with E-state index in [1.165, 1.54) is 26.2 Å². The maximum atomic E-state index is 14.4. The van der Waals surface area contributed by atoms with E-state index in [1.807, 2.05) is 19.1 Å². The summed E-state index contributed by atoms with van der Waals surface area (Å²) in [5, 5.41) is 32.8. The highest BCUT2D eigenvalue weighted by molar-refractivity contribution is 6.00. The van der Waals surface area contributed by atoms with E-state index in [0.717, 1.165) is 44.0 Å². The van der Waals surface area contributed by atoms with Crippen LogP contribution in [-0.4, -0.2) is 61.9 Å². The van der Waals surface area contributed by atoms with Crippen molar-refractivity contribution in [2.24, 2.45) is 5.41 Å². The summed E-state index contributed by atoms with van der Waals surface area (Å²) in [5.41, 5.74) is 1.03. The van der Waals surface area contributed by atoms with E-state index in [1.54, 1.807) is 16.6 Å². The smallest absolute Gasteiger partial charge is 0.255 e. The zero-order chi connectivity index (χ0) is 29.4. The minimum absolute atomic E-state index is 0.124. The normalized spacial score (nSPS) is 22.6. The van der Waals surface area contributed by atoms with Crippen LogP contribution in [0.25, 0.3) is 16.9 Å². The Balaban J connectivity index is 1.46. The van der Waals surface area contributed by atoms with Crippen LogP contribution in [0.4, 0.5) is 10.1 Å². The number of alkyl halides is 1. The van der Waals surface area contributed by atoms with Gasteiger partial charge in [0, 0.05) is 23.7 Å². The molecule has 0 spiro atoms. The van der Waals surface area contributed by atoms with Gasteiger partial charge in [0.2, 0.25) is 5.91 Å². The summed E-state index contributed by atoms with van der Waals surface area (Å²) in [4.78, 5) is 30.7. The number of nitrogens with one attached hydrogen (secondary N) is 3. The second kappa shape index (κ2) is 10.7. The molecule has 6 rings (SSSR count). The van der Waals surface area contributed by atoms with Gasteiger partial charge in [-0.2, -0.15) is 10.4 Å². The van der Waals surface area contributed by atoms with Crippen molar-refractivity contribution < 1.29 is 19.1 Å². The van der Waals surface area contributed by atoms with Crippen LogP contribution in [-0.2, 0) is 4.79 Å². The Labute approximate surface area is 238 Å². The highest BCUT2D eigenvalue weighted by Gasteiger charge is 2.52. The van der Waals surface area contributed by atoms with Gasteiger partial charge in [-0.15, -0.1) is 0 Å². The van der Waals surface area contributed by atoms with Crippen molar-refractivity contribution in [2.45, 2.75) is 76.6 Å². The molecule has 0 radical (unpaired) electrons. The van der Waals surface area contributed by atoms with E-state index in [-0.39, 0.29) is 29.0 Å². The first-order valence-corrected chi connectivity index (χ1v) is 14.1. The highest BCUT2D eigenvalue weighted by Crippen LogP contribution is 2.53. The summed E-state index contributed by atoms with van der Waals surface area (Å²) in [5.74, 6) is -0.380. The van der Waals surface area contributed by atoms with E-state index < -0.39 is 17.7 Å². The highest BCUT2D eigenvalue weighted by atomic mass is 19.1. The number of rotatable bonds is 9. The van der Waals surface area contributed by atoms with Crippen molar-refractivity contribution in [1.82, 2.24) is 25.2 Å². The number of pyridine rings is 1. The predicted molar refractivity (Wildman–Crippen MR) is 152 cm³/mol. The van der Waals surface area contributed by atoms with Crippen LogP contribution < -0.4 is 16.0 Å². The van der Waals surface area contributed by atoms with Gasteiger partial charge < -0.3 is 21.1 Å². The third-order valence-corrected chi connectivity index (χ3v) is 8.71. The largest absolute Gasteiger partial charge is 0.387 e. The molecule has 3 aromatic rings. The Kier molecular flexibility index (Phi) is 7.46. The average Bonchev–Trinajstić information content (AvgIpc) is 3.39. The molecule has 3 heterocycles. The molecule has 0 aliphatic heterocycles. The molecular formula is C30H36FN7O3. The van der Waals surface area contributed by atoms with Crippen LogP contribution in [0.15, 0.2) is 36.7 Å². The van der Waals surface area contributed by atoms with Gasteiger partial charge in [-0.1, -0.05) is 0 Å². The predicted octanol–water partition coefficient (Wildman–Crippen LogP) is 3.75. The van der Waals surface area contributed by atoms with Gasteiger partial charge in [-0.25, -0.2) is 8.91 Å². The zero-order valence-corrected chi connectivity index (χ0v) is 23.6. The lowest BCUT2D eigenvalue weighted by atomic mass is 9.56. The molecule has 3 fully saturated rings. The van der Waals surface area contributed by atoms with Crippen LogP contribution in [0, 0.1) is 16.7 Å². The maximum Gasteiger partial charge on any atom is 0.255 e. The lowest BCUT2D eigenvalue weighted by Gasteiger charge is -2.53. The number of hydrogen-bond acceptors (Lipinski definition) is 7. The second-order valence-corrected chi connectivity index (χ2v) is 11.9. The van der Waals surface area contributed by atoms with Gasteiger partial charge >= 0.3 is 0 Å². The summed E-state index contributed by atoms with van der Waals surface area (Å²) in [6, 6.07) is 9.32. The van der Waals surface area contributed by atoms with Gasteiger partial charge in [0.15, 0.2) is 0 Å². The van der Waals surface area contributed by atoms with Gasteiger partial charge in [-0.3, -0.25) is 14.6 Å². The Bertz CT molecular complexity index is 1500. The molecule has 10 nitrogen and oxygen atoms in total. The van der Waals surface area contributed by atoms with Gasteiger partial charge in [0.1, 0.15) is 12.2 Å². The standard InChI is InChI=1S/C30H36FN7O3/c1-4-33-27(40)29-7-10-30(11-8-29,12-9-29)37-22-14-23(24-6-5-20-13-19(15-32)16-36-38(20)24)34-17-21(22)26(39)35-18-25(31)28(2,3)41/h5-6,13-14,16-17,25,41H,4,7-12,18H2,1-3H3,(H,33,40)(H,34,37)(H,35,39)/t25-,29?,30?/m1/s1. The van der Waals surface area contributed by atoms with E-state index in [2.05, 4.69) is 32.1 Å². The zero-order valence-electron chi connectivity index (χ0n) is 23.6. The molecule has 3 aromatic heterocycles. The quantitative estimate of drug-likeness (QED) is 0.311. The molecule has 41 heavy (non-hydrogen) atoms. The molecule has 4 N–H and O–H groups in total. The topological polar surface area (TPSA) is 144 Å². The fourth-order valence-corrected chi connectivity index (χ4v) is 6.01. The fraction of sp³-hybridized carbons (Fsp3) is 0.500. The van der Waals surface area contributed by atoms with Crippen LogP contribution in [0.3, 0.4) is 0 Å². The molecular weight excluding hydrogens is 525 g/mol. The number of fused-ring (bicyclic) bond motifs is 4. The summed E-state index contributed by atoms with van der Waals surface area (Å²) in [7, 11) is 0. The first-order valence-electron chi connectivity index (χ1n) is 14.1. The van der Waals surface area contributed by atoms with Crippen LogP contribution in [0.2, 0.25) is 0 Å². The third-order valence-electron chi connectivity index (χ3n) is 8.71. The molecule has 0 aromatic carbocycles. The lowest BCUT2D eigenvalue weighted by Crippen LogP contribution is -2.56. The Morgan fingerprint density at radius 3 is 2.49 bits per heavy atom. The number of carbonyl (C=O) groups excluding carboxylic acids is 2. The van der Waals surface area contributed by atoms with Crippen molar-refractivity contribution >= 4 is 23.0 Å². The summed E-state index contributed by atoms with van der Waals surface area (Å²) in [6.07, 6.45) is 5.91. The molecule has 0 unspecified atom stereocenters. The molecule has 2 bridgehead atoms. The van der Waals surface area contributed by atoms with Gasteiger partial charge in [-0.05, 0) is 83.6 Å². The first-order chi connectivity index (χ1) is 19.5. The van der Waals surface area contributed by atoms with E-state index in [4.69, 9.17) is 0 Å². The van der Waals surface area contributed by atoms with Crippen molar-refractivity contribution in [3.8, 4) is 17.5 Å². The molecule has 3 saturated carbocycles. The molecule has 3 aliphatic carbocycles. The minimum atomic E-state index is -1.65. The molecule has 2 amide bonds. The van der Waals surface area contributed by atoms with Crippen molar-refractivity contribution in [3.05, 3.63) is 47.8 Å². The fourth-order valence-electron chi connectivity index (χ4n) is 6.01. The lowest BCUT2D eigenvalue weighted by molar-refractivity contribution is -0.137. The Morgan fingerprint density at radius 2 is 1.85 bits per heavy atom. The molecule has 1 atom stereocenters. The number of nitrogens with zero attached hydrogens (tertiary/aromatic N) is 4. The van der Waals surface area contributed by atoms with Crippen molar-refractivity contribution in [2.75, 3.05) is 18.4 Å². The van der Waals surface area contributed by atoms with E-state index >= 15 is 0 Å². The Hall–Kier alpha value is -4.04. The molecule has 3 aliphatic rings. The number of amides is 2. The summed E-state index contributed by atoms with van der Waals surface area (Å²) in [6.45, 7) is 4.90. The summed E-state index contributed by atoms with van der Waals surface area (Å²) < 4.78 is 16.1. The van der Waals surface area contributed by atoms with Crippen LogP contribution >= 0.6 is 0 Å². The monoisotopic (exact) mass is 561 g/mol. The van der Waals surface area contributed by atoms with Gasteiger partial charge in [0.05, 0.1) is 52.1 Å². The minimum Gasteiger partial charge on any atom is -0.387 e. The molecule has 216 valence electrons. The van der Waals surface area contributed by atoms with E-state index in [0.29, 0.717) is 29.2 Å². The van der Waals surface area contributed by atoms with E-state index in [9.17, 15) is 24.3 Å². The molecule has 11 heteroatoms. The van der Waals surface area contributed by atoms with Gasteiger partial charge in [0.25, 0.3) is 5.91 Å². The van der Waals surface area contributed by atoms with Crippen molar-refractivity contribution in [3.63, 3.8) is 0 Å².